The van der Waals surface area contributed by atoms with Gasteiger partial charge in [-0.1, -0.05) is 18.2 Å². The molecule has 2 N–H and O–H groups in total. The summed E-state index contributed by atoms with van der Waals surface area (Å²) in [4.78, 5) is 29.4. The summed E-state index contributed by atoms with van der Waals surface area (Å²) in [5, 5.41) is 0.661. The van der Waals surface area contributed by atoms with E-state index >= 15 is 0 Å². The number of fused-ring (bicyclic) bond motifs is 1. The largest absolute Gasteiger partial charge is 0.463 e. The first-order chi connectivity index (χ1) is 13.1. The zero-order valence-corrected chi connectivity index (χ0v) is 14.4. The highest BCUT2D eigenvalue weighted by atomic mass is 16.3. The maximum atomic E-state index is 12.7. The second-order valence-electron chi connectivity index (χ2n) is 5.89. The number of nitrogens with zero attached hydrogens (tertiary/aromatic N) is 1. The molecule has 4 aromatic rings. The first kappa shape index (κ1) is 16.6. The zero-order valence-electron chi connectivity index (χ0n) is 14.4. The van der Waals surface area contributed by atoms with E-state index in [-0.39, 0.29) is 5.76 Å². The van der Waals surface area contributed by atoms with Gasteiger partial charge < -0.3 is 8.83 Å². The van der Waals surface area contributed by atoms with Crippen LogP contribution in [0.2, 0.25) is 0 Å². The minimum Gasteiger partial charge on any atom is -0.463 e. The molecule has 7 nitrogen and oxygen atoms in total. The molecule has 0 radical (unpaired) electrons. The van der Waals surface area contributed by atoms with Crippen molar-refractivity contribution in [3.05, 3.63) is 77.9 Å². The Morgan fingerprint density at radius 3 is 2.48 bits per heavy atom. The van der Waals surface area contributed by atoms with Gasteiger partial charge in [-0.3, -0.25) is 20.4 Å². The molecule has 3 aromatic heterocycles. The van der Waals surface area contributed by atoms with E-state index in [0.29, 0.717) is 33.5 Å². The van der Waals surface area contributed by atoms with Crippen LogP contribution in [0.1, 0.15) is 26.5 Å². The molecule has 0 fully saturated rings. The second-order valence-corrected chi connectivity index (χ2v) is 5.89. The fourth-order valence-corrected chi connectivity index (χ4v) is 2.76. The lowest BCUT2D eigenvalue weighted by Gasteiger charge is -2.10. The molecule has 4 rings (SSSR count). The monoisotopic (exact) mass is 361 g/mol. The molecule has 0 saturated heterocycles. The maximum absolute atomic E-state index is 12.7. The van der Waals surface area contributed by atoms with Gasteiger partial charge in [0, 0.05) is 10.9 Å². The molecule has 2 amide bonds. The van der Waals surface area contributed by atoms with Crippen molar-refractivity contribution in [3.63, 3.8) is 0 Å². The van der Waals surface area contributed by atoms with E-state index < -0.39 is 11.8 Å². The van der Waals surface area contributed by atoms with Crippen molar-refractivity contribution in [2.75, 3.05) is 0 Å². The Balaban J connectivity index is 1.64. The third-order valence-electron chi connectivity index (χ3n) is 4.09. The molecule has 7 heteroatoms. The smallest absolute Gasteiger partial charge is 0.305 e. The van der Waals surface area contributed by atoms with Crippen LogP contribution in [0.15, 0.2) is 69.9 Å². The minimum atomic E-state index is -0.532. The standard InChI is InChI=1S/C20H15N3O4/c1-12-8-10-27-18(12)20(25)23-22-19(24)14-11-16(17-7-4-9-26-17)21-15-6-3-2-5-13(14)15/h2-11H,1H3,(H,22,24)(H,23,25). The molecule has 0 atom stereocenters. The Bertz CT molecular complexity index is 1130. The molecule has 27 heavy (non-hydrogen) atoms. The van der Waals surface area contributed by atoms with E-state index in [1.54, 1.807) is 37.3 Å². The van der Waals surface area contributed by atoms with E-state index in [9.17, 15) is 9.59 Å². The Hall–Kier alpha value is -3.87. The Labute approximate surface area is 154 Å². The van der Waals surface area contributed by atoms with Crippen molar-refractivity contribution < 1.29 is 18.4 Å². The average Bonchev–Trinajstić information content (AvgIpc) is 3.36. The Morgan fingerprint density at radius 1 is 0.926 bits per heavy atom. The maximum Gasteiger partial charge on any atom is 0.305 e. The highest BCUT2D eigenvalue weighted by Gasteiger charge is 2.17. The fraction of sp³-hybridized carbons (Fsp3) is 0.0500. The number of aryl methyl sites for hydroxylation is 1. The van der Waals surface area contributed by atoms with Crippen molar-refractivity contribution >= 4 is 22.7 Å². The van der Waals surface area contributed by atoms with Gasteiger partial charge in [-0.25, -0.2) is 4.98 Å². The normalized spacial score (nSPS) is 10.7. The van der Waals surface area contributed by atoms with Crippen molar-refractivity contribution in [2.45, 2.75) is 6.92 Å². The summed E-state index contributed by atoms with van der Waals surface area (Å²) in [6, 6.07) is 14.1. The van der Waals surface area contributed by atoms with Gasteiger partial charge >= 0.3 is 5.91 Å². The highest BCUT2D eigenvalue weighted by molar-refractivity contribution is 6.08. The van der Waals surface area contributed by atoms with Crippen LogP contribution in [0.5, 0.6) is 0 Å². The number of benzene rings is 1. The van der Waals surface area contributed by atoms with Crippen LogP contribution in [0.3, 0.4) is 0 Å². The number of aromatic nitrogens is 1. The number of carbonyl (C=O) groups is 2. The molecule has 3 heterocycles. The second kappa shape index (κ2) is 6.80. The molecule has 134 valence electrons. The number of rotatable bonds is 3. The number of carbonyl (C=O) groups excluding carboxylic acids is 2. The van der Waals surface area contributed by atoms with Gasteiger partial charge in [0.2, 0.25) is 0 Å². The third-order valence-corrected chi connectivity index (χ3v) is 4.09. The molecule has 1 aromatic carbocycles. The number of hydrazine groups is 1. The van der Waals surface area contributed by atoms with E-state index in [2.05, 4.69) is 15.8 Å². The number of pyridine rings is 1. The Kier molecular flexibility index (Phi) is 4.18. The Morgan fingerprint density at radius 2 is 1.74 bits per heavy atom. The summed E-state index contributed by atoms with van der Waals surface area (Å²) in [5.74, 6) is -0.314. The van der Waals surface area contributed by atoms with Crippen LogP contribution < -0.4 is 10.9 Å². The van der Waals surface area contributed by atoms with E-state index in [0.717, 1.165) is 0 Å². The van der Waals surface area contributed by atoms with Crippen LogP contribution in [-0.4, -0.2) is 16.8 Å². The molecular formula is C20H15N3O4. The fourth-order valence-electron chi connectivity index (χ4n) is 2.76. The van der Waals surface area contributed by atoms with Gasteiger partial charge in [0.25, 0.3) is 5.91 Å². The van der Waals surface area contributed by atoms with Crippen molar-refractivity contribution in [3.8, 4) is 11.5 Å². The summed E-state index contributed by atoms with van der Waals surface area (Å²) in [7, 11) is 0. The van der Waals surface area contributed by atoms with Crippen LogP contribution >= 0.6 is 0 Å². The summed E-state index contributed by atoms with van der Waals surface area (Å²) in [6.45, 7) is 1.74. The molecule has 0 aliphatic rings. The first-order valence-electron chi connectivity index (χ1n) is 8.22. The van der Waals surface area contributed by atoms with Gasteiger partial charge in [-0.15, -0.1) is 0 Å². The molecule has 0 spiro atoms. The summed E-state index contributed by atoms with van der Waals surface area (Å²) in [5.41, 5.74) is 7.00. The number of amides is 2. The lowest BCUT2D eigenvalue weighted by atomic mass is 10.1. The number of nitrogens with one attached hydrogen (secondary N) is 2. The molecule has 0 unspecified atom stereocenters. The molecule has 0 saturated carbocycles. The lowest BCUT2D eigenvalue weighted by Crippen LogP contribution is -2.41. The van der Waals surface area contributed by atoms with Crippen LogP contribution in [0, 0.1) is 6.92 Å². The lowest BCUT2D eigenvalue weighted by molar-refractivity contribution is 0.0831. The average molecular weight is 361 g/mol. The van der Waals surface area contributed by atoms with Crippen LogP contribution in [0.4, 0.5) is 0 Å². The number of hydrogen-bond donors (Lipinski definition) is 2. The van der Waals surface area contributed by atoms with Crippen molar-refractivity contribution in [1.82, 2.24) is 15.8 Å². The van der Waals surface area contributed by atoms with E-state index in [1.165, 1.54) is 12.5 Å². The number of furan rings is 2. The quantitative estimate of drug-likeness (QED) is 0.545. The summed E-state index contributed by atoms with van der Waals surface area (Å²) < 4.78 is 10.5. The van der Waals surface area contributed by atoms with Gasteiger partial charge in [0.1, 0.15) is 5.69 Å². The molecule has 0 bridgehead atoms. The molecule has 0 aliphatic heterocycles. The molecule has 0 aliphatic carbocycles. The van der Waals surface area contributed by atoms with E-state index in [4.69, 9.17) is 8.83 Å². The first-order valence-corrected chi connectivity index (χ1v) is 8.22. The number of para-hydroxylation sites is 1. The SMILES string of the molecule is Cc1ccoc1C(=O)NNC(=O)c1cc(-c2ccco2)nc2ccccc12. The van der Waals surface area contributed by atoms with Crippen molar-refractivity contribution in [1.29, 1.82) is 0 Å². The number of hydrogen-bond acceptors (Lipinski definition) is 5. The van der Waals surface area contributed by atoms with Gasteiger partial charge in [-0.2, -0.15) is 0 Å². The summed E-state index contributed by atoms with van der Waals surface area (Å²) in [6.07, 6.45) is 2.95. The van der Waals surface area contributed by atoms with Gasteiger partial charge in [0.05, 0.1) is 23.6 Å². The van der Waals surface area contributed by atoms with E-state index in [1.807, 2.05) is 18.2 Å². The van der Waals surface area contributed by atoms with Crippen molar-refractivity contribution in [2.24, 2.45) is 0 Å². The predicted octanol–water partition coefficient (Wildman–Crippen LogP) is 3.47. The minimum absolute atomic E-state index is 0.145. The van der Waals surface area contributed by atoms with Gasteiger partial charge in [0.15, 0.2) is 11.5 Å². The predicted molar refractivity (Wildman–Crippen MR) is 97.8 cm³/mol. The zero-order chi connectivity index (χ0) is 18.8. The highest BCUT2D eigenvalue weighted by Crippen LogP contribution is 2.25. The van der Waals surface area contributed by atoms with Gasteiger partial charge in [-0.05, 0) is 37.3 Å². The molecular weight excluding hydrogens is 346 g/mol. The van der Waals surface area contributed by atoms with Crippen LogP contribution in [-0.2, 0) is 0 Å². The topological polar surface area (TPSA) is 97.4 Å². The van der Waals surface area contributed by atoms with Crippen LogP contribution in [0.25, 0.3) is 22.4 Å². The summed E-state index contributed by atoms with van der Waals surface area (Å²) >= 11 is 0. The third kappa shape index (κ3) is 3.18.